The molecule has 0 saturated heterocycles. The summed E-state index contributed by atoms with van der Waals surface area (Å²) in [5.74, 6) is 0. The molecule has 3 nitrogen and oxygen atoms in total. The van der Waals surface area contributed by atoms with Crippen LogP contribution >= 0.6 is 0 Å². The second-order valence-electron chi connectivity index (χ2n) is 12.1. The summed E-state index contributed by atoms with van der Waals surface area (Å²) in [5, 5.41) is 9.88. The lowest BCUT2D eigenvalue weighted by Crippen LogP contribution is -1.94. The van der Waals surface area contributed by atoms with Gasteiger partial charge >= 0.3 is 0 Å². The Morgan fingerprint density at radius 2 is 0.870 bits per heavy atom. The fraction of sp³-hybridized carbons (Fsp3) is 0. The molecule has 0 radical (unpaired) electrons. The van der Waals surface area contributed by atoms with Crippen LogP contribution in [-0.4, -0.2) is 14.1 Å². The third kappa shape index (κ3) is 3.63. The van der Waals surface area contributed by atoms with E-state index < -0.39 is 0 Å². The molecule has 0 fully saturated rings. The number of para-hydroxylation sites is 3. The van der Waals surface area contributed by atoms with Crippen LogP contribution in [0.15, 0.2) is 164 Å². The van der Waals surface area contributed by atoms with Crippen molar-refractivity contribution >= 4 is 65.2 Å². The van der Waals surface area contributed by atoms with E-state index in [-0.39, 0.29) is 0 Å². The summed E-state index contributed by atoms with van der Waals surface area (Å²) < 4.78 is 4.80. The number of fused-ring (bicyclic) bond motifs is 8. The Bertz CT molecular complexity index is 2780. The lowest BCUT2D eigenvalue weighted by atomic mass is 10.0. The second-order valence-corrected chi connectivity index (χ2v) is 12.1. The minimum atomic E-state index is 1.14. The van der Waals surface area contributed by atoms with Gasteiger partial charge < -0.3 is 9.13 Å². The van der Waals surface area contributed by atoms with E-state index in [9.17, 15) is 0 Å². The van der Waals surface area contributed by atoms with Gasteiger partial charge in [0.05, 0.1) is 22.1 Å². The van der Waals surface area contributed by atoms with E-state index in [4.69, 9.17) is 0 Å². The summed E-state index contributed by atoms with van der Waals surface area (Å²) >= 11 is 0. The van der Waals surface area contributed by atoms with Crippen LogP contribution in [0, 0.1) is 0 Å². The first-order valence-electron chi connectivity index (χ1n) is 15.7. The molecule has 0 spiro atoms. The van der Waals surface area contributed by atoms with Gasteiger partial charge in [-0.2, -0.15) is 0 Å². The van der Waals surface area contributed by atoms with E-state index >= 15 is 0 Å². The summed E-state index contributed by atoms with van der Waals surface area (Å²) in [6.45, 7) is 0. The topological polar surface area (TPSA) is 22.8 Å². The lowest BCUT2D eigenvalue weighted by molar-refractivity contribution is 1.18. The fourth-order valence-corrected chi connectivity index (χ4v) is 7.45. The van der Waals surface area contributed by atoms with E-state index in [2.05, 4.69) is 166 Å². The van der Waals surface area contributed by atoms with Crippen LogP contribution in [0.25, 0.3) is 87.7 Å². The van der Waals surface area contributed by atoms with Crippen molar-refractivity contribution in [1.29, 1.82) is 0 Å². The van der Waals surface area contributed by atoms with Gasteiger partial charge in [-0.25, -0.2) is 0 Å². The standard InChI is InChI=1S/C43H27N3/c1-2-11-32(12-3-1)45-40-16-8-6-14-35(40)37-22-31-25-43-38(23-30(31)24-42(37)45)36-15-7-9-17-41(36)46(43)33-20-18-28(19-21-33)39-27-44-26-29-10-4-5-13-34(29)39/h1-27H. The van der Waals surface area contributed by atoms with Gasteiger partial charge in [0, 0.05) is 56.3 Å². The Labute approximate surface area is 265 Å². The number of rotatable bonds is 3. The molecule has 0 amide bonds. The van der Waals surface area contributed by atoms with Crippen LogP contribution in [0.3, 0.4) is 0 Å². The van der Waals surface area contributed by atoms with E-state index in [1.807, 2.05) is 12.4 Å². The Balaban J connectivity index is 1.21. The van der Waals surface area contributed by atoms with Crippen LogP contribution < -0.4 is 0 Å². The summed E-state index contributed by atoms with van der Waals surface area (Å²) in [4.78, 5) is 4.52. The number of aromatic nitrogens is 3. The van der Waals surface area contributed by atoms with Crippen molar-refractivity contribution in [2.24, 2.45) is 0 Å². The predicted octanol–water partition coefficient (Wildman–Crippen LogP) is 11.2. The smallest absolute Gasteiger partial charge is 0.0547 e. The molecule has 0 aliphatic heterocycles. The molecule has 46 heavy (non-hydrogen) atoms. The van der Waals surface area contributed by atoms with Crippen molar-refractivity contribution in [2.75, 3.05) is 0 Å². The number of pyridine rings is 1. The zero-order chi connectivity index (χ0) is 30.2. The third-order valence-electron chi connectivity index (χ3n) is 9.54. The van der Waals surface area contributed by atoms with E-state index in [0.717, 1.165) is 22.2 Å². The highest BCUT2D eigenvalue weighted by Crippen LogP contribution is 2.39. The Kier molecular flexibility index (Phi) is 5.28. The Morgan fingerprint density at radius 3 is 1.50 bits per heavy atom. The SMILES string of the molecule is c1ccc(-n2c3ccccc3c3cc4cc5c(cc4cc32)c2ccccc2n5-c2ccc(-c3cncc4ccccc34)cc2)cc1. The van der Waals surface area contributed by atoms with Gasteiger partial charge in [0.15, 0.2) is 0 Å². The lowest BCUT2D eigenvalue weighted by Gasteiger charge is -2.11. The maximum Gasteiger partial charge on any atom is 0.0547 e. The second kappa shape index (κ2) is 9.65. The minimum Gasteiger partial charge on any atom is -0.309 e. The molecule has 3 aromatic heterocycles. The molecule has 0 saturated carbocycles. The highest BCUT2D eigenvalue weighted by Gasteiger charge is 2.17. The molecule has 214 valence electrons. The molecule has 0 N–H and O–H groups in total. The monoisotopic (exact) mass is 585 g/mol. The van der Waals surface area contributed by atoms with Gasteiger partial charge in [-0.05, 0) is 82.4 Å². The number of benzene rings is 7. The zero-order valence-electron chi connectivity index (χ0n) is 24.9. The van der Waals surface area contributed by atoms with Gasteiger partial charge in [-0.15, -0.1) is 0 Å². The number of nitrogens with zero attached hydrogens (tertiary/aromatic N) is 3. The minimum absolute atomic E-state index is 1.14. The molecule has 3 heterocycles. The Morgan fingerprint density at radius 1 is 0.348 bits per heavy atom. The summed E-state index contributed by atoms with van der Waals surface area (Å²) in [6, 6.07) is 55.1. The largest absolute Gasteiger partial charge is 0.309 e. The molecule has 3 heteroatoms. The van der Waals surface area contributed by atoms with Crippen LogP contribution in [0.5, 0.6) is 0 Å². The first kappa shape index (κ1) is 25.2. The van der Waals surface area contributed by atoms with E-state index in [0.29, 0.717) is 0 Å². The van der Waals surface area contributed by atoms with Crippen molar-refractivity contribution in [2.45, 2.75) is 0 Å². The van der Waals surface area contributed by atoms with Crippen molar-refractivity contribution < 1.29 is 0 Å². The van der Waals surface area contributed by atoms with Crippen LogP contribution in [0.1, 0.15) is 0 Å². The molecule has 10 aromatic rings. The van der Waals surface area contributed by atoms with Gasteiger partial charge in [0.2, 0.25) is 0 Å². The highest BCUT2D eigenvalue weighted by atomic mass is 15.0. The average molecular weight is 586 g/mol. The summed E-state index contributed by atoms with van der Waals surface area (Å²) in [7, 11) is 0. The van der Waals surface area contributed by atoms with E-state index in [1.54, 1.807) is 0 Å². The van der Waals surface area contributed by atoms with Crippen molar-refractivity contribution in [3.8, 4) is 22.5 Å². The third-order valence-corrected chi connectivity index (χ3v) is 9.54. The van der Waals surface area contributed by atoms with Gasteiger partial charge in [-0.1, -0.05) is 91.0 Å². The molecular weight excluding hydrogens is 558 g/mol. The number of hydrogen-bond acceptors (Lipinski definition) is 1. The summed E-state index contributed by atoms with van der Waals surface area (Å²) in [6.07, 6.45) is 3.91. The summed E-state index contributed by atoms with van der Waals surface area (Å²) in [5.41, 5.74) is 9.49. The van der Waals surface area contributed by atoms with E-state index in [1.165, 1.54) is 65.5 Å². The van der Waals surface area contributed by atoms with Crippen molar-refractivity contribution in [3.63, 3.8) is 0 Å². The van der Waals surface area contributed by atoms with Crippen molar-refractivity contribution in [3.05, 3.63) is 164 Å². The molecule has 10 rings (SSSR count). The van der Waals surface area contributed by atoms with Gasteiger partial charge in [-0.3, -0.25) is 4.98 Å². The number of hydrogen-bond donors (Lipinski definition) is 0. The maximum atomic E-state index is 4.52. The molecule has 0 aliphatic rings. The van der Waals surface area contributed by atoms with Gasteiger partial charge in [0.1, 0.15) is 0 Å². The first-order chi connectivity index (χ1) is 22.8. The van der Waals surface area contributed by atoms with Crippen LogP contribution in [0.4, 0.5) is 0 Å². The highest BCUT2D eigenvalue weighted by molar-refractivity contribution is 6.18. The average Bonchev–Trinajstić information content (AvgIpc) is 3.61. The van der Waals surface area contributed by atoms with Crippen LogP contribution in [-0.2, 0) is 0 Å². The van der Waals surface area contributed by atoms with Crippen LogP contribution in [0.2, 0.25) is 0 Å². The molecule has 0 atom stereocenters. The molecule has 0 aliphatic carbocycles. The molecule has 0 bridgehead atoms. The molecule has 0 unspecified atom stereocenters. The van der Waals surface area contributed by atoms with Gasteiger partial charge in [0.25, 0.3) is 0 Å². The normalized spacial score (nSPS) is 11.9. The predicted molar refractivity (Wildman–Crippen MR) is 193 cm³/mol. The zero-order valence-corrected chi connectivity index (χ0v) is 24.9. The molecular formula is C43H27N3. The molecule has 7 aromatic carbocycles. The maximum absolute atomic E-state index is 4.52. The quantitative estimate of drug-likeness (QED) is 0.202. The fourth-order valence-electron chi connectivity index (χ4n) is 7.45. The first-order valence-corrected chi connectivity index (χ1v) is 15.7. The van der Waals surface area contributed by atoms with Crippen molar-refractivity contribution in [1.82, 2.24) is 14.1 Å². The Hall–Kier alpha value is -6.19.